The maximum atomic E-state index is 10.9. The third-order valence-corrected chi connectivity index (χ3v) is 1.98. The van der Waals surface area contributed by atoms with Gasteiger partial charge in [-0.15, -0.1) is 0 Å². The molecule has 2 atom stereocenters. The number of hydrogen-bond donors (Lipinski definition) is 1. The van der Waals surface area contributed by atoms with Crippen LogP contribution in [0, 0.1) is 0 Å². The quantitative estimate of drug-likeness (QED) is 0.601. The van der Waals surface area contributed by atoms with Gasteiger partial charge in [0.1, 0.15) is 6.04 Å². The van der Waals surface area contributed by atoms with E-state index in [0.29, 0.717) is 12.5 Å². The smallest absolute Gasteiger partial charge is 0.322 e. The fourth-order valence-corrected chi connectivity index (χ4v) is 0.826. The zero-order chi connectivity index (χ0) is 9.72. The Balaban J connectivity index is 3.83. The molecule has 4 heteroatoms. The molecule has 0 aromatic heterocycles. The van der Waals surface area contributed by atoms with Gasteiger partial charge in [0, 0.05) is 6.04 Å². The van der Waals surface area contributed by atoms with Crippen molar-refractivity contribution in [2.75, 3.05) is 21.2 Å². The van der Waals surface area contributed by atoms with Gasteiger partial charge in [-0.1, -0.05) is 0 Å². The Hall–Kier alpha value is -0.610. The Morgan fingerprint density at radius 1 is 1.58 bits per heavy atom. The van der Waals surface area contributed by atoms with Crippen molar-refractivity contribution in [2.24, 2.45) is 5.73 Å². The molecule has 0 amide bonds. The van der Waals surface area contributed by atoms with Crippen LogP contribution in [0.2, 0.25) is 0 Å². The highest BCUT2D eigenvalue weighted by Crippen LogP contribution is 2.02. The van der Waals surface area contributed by atoms with Gasteiger partial charge in [-0.2, -0.15) is 0 Å². The van der Waals surface area contributed by atoms with Crippen molar-refractivity contribution in [1.29, 1.82) is 0 Å². The lowest BCUT2D eigenvalue weighted by Gasteiger charge is -2.21. The van der Waals surface area contributed by atoms with E-state index in [2.05, 4.69) is 4.74 Å². The number of ether oxygens (including phenoxy) is 1. The second kappa shape index (κ2) is 5.11. The van der Waals surface area contributed by atoms with Crippen LogP contribution in [0.5, 0.6) is 0 Å². The van der Waals surface area contributed by atoms with Crippen LogP contribution in [-0.4, -0.2) is 44.2 Å². The molecule has 12 heavy (non-hydrogen) atoms. The third kappa shape index (κ3) is 3.69. The number of esters is 1. The van der Waals surface area contributed by atoms with Crippen LogP contribution in [0.3, 0.4) is 0 Å². The Morgan fingerprint density at radius 2 is 2.08 bits per heavy atom. The third-order valence-electron chi connectivity index (χ3n) is 1.98. The molecule has 0 aliphatic carbocycles. The van der Waals surface area contributed by atoms with E-state index in [1.54, 1.807) is 0 Å². The monoisotopic (exact) mass is 174 g/mol. The molecule has 0 aromatic rings. The van der Waals surface area contributed by atoms with Gasteiger partial charge in [0.2, 0.25) is 0 Å². The lowest BCUT2D eigenvalue weighted by atomic mass is 10.1. The minimum Gasteiger partial charge on any atom is -0.468 e. The second-order valence-electron chi connectivity index (χ2n) is 3.18. The van der Waals surface area contributed by atoms with Crippen LogP contribution >= 0.6 is 0 Å². The van der Waals surface area contributed by atoms with E-state index < -0.39 is 6.04 Å². The van der Waals surface area contributed by atoms with Crippen LogP contribution in [0.4, 0.5) is 0 Å². The fourth-order valence-electron chi connectivity index (χ4n) is 0.826. The largest absolute Gasteiger partial charge is 0.468 e. The Kier molecular flexibility index (Phi) is 4.85. The first kappa shape index (κ1) is 11.4. The van der Waals surface area contributed by atoms with Crippen molar-refractivity contribution in [2.45, 2.75) is 25.4 Å². The predicted octanol–water partition coefficient (Wildman–Crippen LogP) is -0.173. The SMILES string of the molecule is COC(=O)[C@@H](N)CC(C)N(C)C. The molecule has 0 aliphatic rings. The van der Waals surface area contributed by atoms with Crippen molar-refractivity contribution in [3.8, 4) is 0 Å². The van der Waals surface area contributed by atoms with E-state index in [1.807, 2.05) is 25.9 Å². The number of nitrogens with zero attached hydrogens (tertiary/aromatic N) is 1. The molecule has 2 N–H and O–H groups in total. The van der Waals surface area contributed by atoms with E-state index in [-0.39, 0.29) is 5.97 Å². The number of carbonyl (C=O) groups is 1. The molecule has 0 fully saturated rings. The Labute approximate surface area is 73.7 Å². The van der Waals surface area contributed by atoms with Crippen LogP contribution in [-0.2, 0) is 9.53 Å². The van der Waals surface area contributed by atoms with Crippen molar-refractivity contribution >= 4 is 5.97 Å². The molecule has 0 aliphatic heterocycles. The summed E-state index contributed by atoms with van der Waals surface area (Å²) in [4.78, 5) is 12.9. The summed E-state index contributed by atoms with van der Waals surface area (Å²) in [7, 11) is 5.26. The summed E-state index contributed by atoms with van der Waals surface area (Å²) < 4.78 is 4.51. The molecule has 0 rings (SSSR count). The first-order chi connectivity index (χ1) is 5.49. The van der Waals surface area contributed by atoms with E-state index in [9.17, 15) is 4.79 Å². The van der Waals surface area contributed by atoms with Crippen LogP contribution < -0.4 is 5.73 Å². The highest BCUT2D eigenvalue weighted by atomic mass is 16.5. The van der Waals surface area contributed by atoms with Gasteiger partial charge < -0.3 is 15.4 Å². The zero-order valence-corrected chi connectivity index (χ0v) is 8.20. The van der Waals surface area contributed by atoms with Gasteiger partial charge in [-0.3, -0.25) is 4.79 Å². The maximum absolute atomic E-state index is 10.9. The molecule has 0 bridgehead atoms. The molecular formula is C8H18N2O2. The summed E-state index contributed by atoms with van der Waals surface area (Å²) in [5.74, 6) is -0.344. The topological polar surface area (TPSA) is 55.6 Å². The fraction of sp³-hybridized carbons (Fsp3) is 0.875. The number of methoxy groups -OCH3 is 1. The first-order valence-corrected chi connectivity index (χ1v) is 3.98. The molecule has 1 unspecified atom stereocenters. The summed E-state index contributed by atoms with van der Waals surface area (Å²) in [6, 6.07) is -0.216. The Morgan fingerprint density at radius 3 is 2.42 bits per heavy atom. The number of hydrogen-bond acceptors (Lipinski definition) is 4. The molecule has 4 nitrogen and oxygen atoms in total. The van der Waals surface area contributed by atoms with Gasteiger partial charge >= 0.3 is 5.97 Å². The first-order valence-electron chi connectivity index (χ1n) is 3.98. The molecular weight excluding hydrogens is 156 g/mol. The summed E-state index contributed by atoms with van der Waals surface area (Å²) in [5, 5.41) is 0. The minimum absolute atomic E-state index is 0.291. The zero-order valence-electron chi connectivity index (χ0n) is 8.20. The summed E-state index contributed by atoms with van der Waals surface area (Å²) in [6.07, 6.45) is 0.625. The van der Waals surface area contributed by atoms with Crippen LogP contribution in [0.1, 0.15) is 13.3 Å². The standard InChI is InChI=1S/C8H18N2O2/c1-6(10(2)3)5-7(9)8(11)12-4/h6-7H,5,9H2,1-4H3/t6?,7-/m0/s1. The van der Waals surface area contributed by atoms with Crippen molar-refractivity contribution in [1.82, 2.24) is 4.90 Å². The molecule has 0 heterocycles. The van der Waals surface area contributed by atoms with E-state index in [0.717, 1.165) is 0 Å². The second-order valence-corrected chi connectivity index (χ2v) is 3.18. The lowest BCUT2D eigenvalue weighted by molar-refractivity contribution is -0.142. The summed E-state index contributed by atoms with van der Waals surface area (Å²) >= 11 is 0. The van der Waals surface area contributed by atoms with E-state index in [4.69, 9.17) is 5.73 Å². The highest BCUT2D eigenvalue weighted by molar-refractivity contribution is 5.75. The van der Waals surface area contributed by atoms with Crippen molar-refractivity contribution in [3.05, 3.63) is 0 Å². The number of carbonyl (C=O) groups excluding carboxylic acids is 1. The van der Waals surface area contributed by atoms with E-state index >= 15 is 0 Å². The van der Waals surface area contributed by atoms with Crippen molar-refractivity contribution in [3.63, 3.8) is 0 Å². The van der Waals surface area contributed by atoms with Gasteiger partial charge in [0.25, 0.3) is 0 Å². The average Bonchev–Trinajstić information content (AvgIpc) is 2.02. The summed E-state index contributed by atoms with van der Waals surface area (Å²) in [6.45, 7) is 2.02. The van der Waals surface area contributed by atoms with Gasteiger partial charge in [-0.25, -0.2) is 0 Å². The molecule has 0 saturated heterocycles. The van der Waals surface area contributed by atoms with Crippen LogP contribution in [0.25, 0.3) is 0 Å². The number of rotatable bonds is 4. The van der Waals surface area contributed by atoms with Crippen LogP contribution in [0.15, 0.2) is 0 Å². The average molecular weight is 174 g/mol. The summed E-state index contributed by atoms with van der Waals surface area (Å²) in [5.41, 5.74) is 5.57. The van der Waals surface area contributed by atoms with Gasteiger partial charge in [-0.05, 0) is 27.4 Å². The van der Waals surface area contributed by atoms with Crippen molar-refractivity contribution < 1.29 is 9.53 Å². The maximum Gasteiger partial charge on any atom is 0.322 e. The van der Waals surface area contributed by atoms with Gasteiger partial charge in [0.05, 0.1) is 7.11 Å². The molecule has 0 saturated carbocycles. The Bertz CT molecular complexity index is 148. The normalized spacial score (nSPS) is 15.8. The molecule has 0 radical (unpaired) electrons. The number of nitrogens with two attached hydrogens (primary N) is 1. The highest BCUT2D eigenvalue weighted by Gasteiger charge is 2.17. The minimum atomic E-state index is -0.507. The molecule has 0 spiro atoms. The molecule has 72 valence electrons. The van der Waals surface area contributed by atoms with Gasteiger partial charge in [0.15, 0.2) is 0 Å². The van der Waals surface area contributed by atoms with E-state index in [1.165, 1.54) is 7.11 Å². The molecule has 0 aromatic carbocycles. The lowest BCUT2D eigenvalue weighted by Crippen LogP contribution is -2.38. The predicted molar refractivity (Wildman–Crippen MR) is 47.8 cm³/mol.